The average molecular weight is 290 g/mol. The number of rotatable bonds is 7. The minimum Gasteiger partial charge on any atom is -0.396 e. The smallest absolute Gasteiger partial charge is 0.189 e. The predicted molar refractivity (Wildman–Crippen MR) is 76.7 cm³/mol. The van der Waals surface area contributed by atoms with E-state index in [1.165, 1.54) is 11.3 Å². The van der Waals surface area contributed by atoms with Crippen LogP contribution in [0.2, 0.25) is 4.34 Å². The van der Waals surface area contributed by atoms with Gasteiger partial charge in [0.15, 0.2) is 5.78 Å². The maximum Gasteiger partial charge on any atom is 0.189 e. The Labute approximate surface area is 117 Å². The summed E-state index contributed by atoms with van der Waals surface area (Å²) in [6, 6.07) is 3.60. The first-order valence-corrected chi connectivity index (χ1v) is 7.33. The van der Waals surface area contributed by atoms with E-state index in [1.54, 1.807) is 12.1 Å². The average Bonchev–Trinajstić information content (AvgIpc) is 2.74. The Balaban J connectivity index is 2.76. The lowest BCUT2D eigenvalue weighted by Crippen LogP contribution is -2.44. The molecule has 1 aromatic rings. The molecule has 1 N–H and O–H groups in total. The van der Waals surface area contributed by atoms with Gasteiger partial charge in [0.1, 0.15) is 0 Å². The number of thiophene rings is 1. The molecule has 1 rings (SSSR count). The van der Waals surface area contributed by atoms with Gasteiger partial charge in [0, 0.05) is 19.2 Å². The molecule has 0 radical (unpaired) electrons. The van der Waals surface area contributed by atoms with Crippen molar-refractivity contribution in [2.24, 2.45) is 0 Å². The molecular weight excluding hydrogens is 270 g/mol. The van der Waals surface area contributed by atoms with Crippen LogP contribution in [0.3, 0.4) is 0 Å². The Kier molecular flexibility index (Phi) is 6.29. The van der Waals surface area contributed by atoms with E-state index in [-0.39, 0.29) is 24.5 Å². The number of aliphatic hydroxyl groups excluding tert-OH is 1. The monoisotopic (exact) mass is 289 g/mol. The summed E-state index contributed by atoms with van der Waals surface area (Å²) in [7, 11) is 0. The summed E-state index contributed by atoms with van der Waals surface area (Å²) >= 11 is 7.17. The first kappa shape index (κ1) is 15.6. The van der Waals surface area contributed by atoms with Crippen LogP contribution in [0.15, 0.2) is 12.1 Å². The Morgan fingerprint density at radius 3 is 2.56 bits per heavy atom. The molecule has 0 aliphatic heterocycles. The molecule has 1 atom stereocenters. The van der Waals surface area contributed by atoms with Crippen LogP contribution in [0.5, 0.6) is 0 Å². The first-order valence-electron chi connectivity index (χ1n) is 6.13. The second kappa shape index (κ2) is 7.24. The van der Waals surface area contributed by atoms with E-state index in [4.69, 9.17) is 16.7 Å². The molecule has 0 amide bonds. The van der Waals surface area contributed by atoms with E-state index in [0.29, 0.717) is 15.6 Å². The van der Waals surface area contributed by atoms with Gasteiger partial charge >= 0.3 is 0 Å². The Hall–Kier alpha value is -0.420. The number of hydrogen-bond donors (Lipinski definition) is 1. The summed E-state index contributed by atoms with van der Waals surface area (Å²) in [5.41, 5.74) is 0. The number of nitrogens with zero attached hydrogens (tertiary/aromatic N) is 1. The fraction of sp³-hybridized carbons (Fsp3) is 0.615. The van der Waals surface area contributed by atoms with Crippen LogP contribution in [0, 0.1) is 0 Å². The second-order valence-corrected chi connectivity index (χ2v) is 6.27. The fourth-order valence-corrected chi connectivity index (χ4v) is 3.02. The van der Waals surface area contributed by atoms with Crippen LogP contribution in [-0.4, -0.2) is 41.0 Å². The number of ketones is 1. The zero-order valence-corrected chi connectivity index (χ0v) is 12.6. The molecule has 0 saturated heterocycles. The number of Topliss-reactive ketones (excluding diaryl/α,β-unsaturated/α-hetero) is 1. The van der Waals surface area contributed by atoms with Gasteiger partial charge in [-0.1, -0.05) is 11.6 Å². The molecule has 0 bridgehead atoms. The highest BCUT2D eigenvalue weighted by molar-refractivity contribution is 7.18. The molecule has 0 aliphatic carbocycles. The minimum atomic E-state index is -0.189. The van der Waals surface area contributed by atoms with Crippen LogP contribution in [0.4, 0.5) is 0 Å². The number of aliphatic hydroxyl groups is 1. The molecule has 0 saturated carbocycles. The number of hydrogen-bond acceptors (Lipinski definition) is 4. The van der Waals surface area contributed by atoms with Gasteiger partial charge in [-0.25, -0.2) is 0 Å². The molecule has 102 valence electrons. The molecule has 5 heteroatoms. The standard InChI is InChI=1S/C13H20ClNO2S/c1-9(2)15(7-4-8-16)10(3)13(17)11-5-6-12(14)18-11/h5-6,9-10,16H,4,7-8H2,1-3H3. The lowest BCUT2D eigenvalue weighted by atomic mass is 10.1. The minimum absolute atomic E-state index is 0.0959. The van der Waals surface area contributed by atoms with Crippen LogP contribution in [0.1, 0.15) is 36.9 Å². The summed E-state index contributed by atoms with van der Waals surface area (Å²) in [6.45, 7) is 6.90. The van der Waals surface area contributed by atoms with Crippen LogP contribution in [0.25, 0.3) is 0 Å². The van der Waals surface area contributed by atoms with Gasteiger partial charge in [-0.05, 0) is 39.3 Å². The largest absolute Gasteiger partial charge is 0.396 e. The highest BCUT2D eigenvalue weighted by Crippen LogP contribution is 2.24. The van der Waals surface area contributed by atoms with Crippen molar-refractivity contribution in [1.29, 1.82) is 0 Å². The zero-order valence-electron chi connectivity index (χ0n) is 11.0. The molecule has 0 fully saturated rings. The van der Waals surface area contributed by atoms with Crippen molar-refractivity contribution in [1.82, 2.24) is 4.90 Å². The van der Waals surface area contributed by atoms with E-state index in [1.807, 2.05) is 6.92 Å². The van der Waals surface area contributed by atoms with Gasteiger partial charge in [0.05, 0.1) is 15.3 Å². The lowest BCUT2D eigenvalue weighted by Gasteiger charge is -2.31. The maximum atomic E-state index is 12.3. The molecule has 1 heterocycles. The van der Waals surface area contributed by atoms with E-state index in [2.05, 4.69) is 18.7 Å². The Morgan fingerprint density at radius 2 is 2.11 bits per heavy atom. The third-order valence-electron chi connectivity index (χ3n) is 2.93. The molecule has 0 aliphatic rings. The number of carbonyl (C=O) groups is 1. The van der Waals surface area contributed by atoms with Crippen molar-refractivity contribution in [3.63, 3.8) is 0 Å². The summed E-state index contributed by atoms with van der Waals surface area (Å²) in [5, 5.41) is 8.91. The van der Waals surface area contributed by atoms with Gasteiger partial charge in [-0.3, -0.25) is 9.69 Å². The van der Waals surface area contributed by atoms with Gasteiger partial charge in [0.2, 0.25) is 0 Å². The van der Waals surface area contributed by atoms with Crippen LogP contribution < -0.4 is 0 Å². The van der Waals surface area contributed by atoms with Crippen molar-refractivity contribution in [2.45, 2.75) is 39.3 Å². The van der Waals surface area contributed by atoms with Crippen molar-refractivity contribution < 1.29 is 9.90 Å². The van der Waals surface area contributed by atoms with Crippen molar-refractivity contribution in [2.75, 3.05) is 13.2 Å². The Morgan fingerprint density at radius 1 is 1.44 bits per heavy atom. The second-order valence-electron chi connectivity index (χ2n) is 4.55. The van der Waals surface area contributed by atoms with E-state index < -0.39 is 0 Å². The summed E-state index contributed by atoms with van der Waals surface area (Å²) in [4.78, 5) is 15.1. The highest BCUT2D eigenvalue weighted by Gasteiger charge is 2.25. The number of carbonyl (C=O) groups excluding carboxylic acids is 1. The Bertz CT molecular complexity index is 392. The third kappa shape index (κ3) is 4.05. The maximum absolute atomic E-state index is 12.3. The zero-order chi connectivity index (χ0) is 13.7. The van der Waals surface area contributed by atoms with Crippen molar-refractivity contribution >= 4 is 28.7 Å². The van der Waals surface area contributed by atoms with Crippen molar-refractivity contribution in [3.05, 3.63) is 21.3 Å². The molecule has 18 heavy (non-hydrogen) atoms. The molecule has 0 aromatic carbocycles. The molecule has 1 unspecified atom stereocenters. The van der Waals surface area contributed by atoms with Crippen molar-refractivity contribution in [3.8, 4) is 0 Å². The fourth-order valence-electron chi connectivity index (χ4n) is 1.96. The molecule has 3 nitrogen and oxygen atoms in total. The topological polar surface area (TPSA) is 40.5 Å². The normalized spacial score (nSPS) is 13.3. The number of halogens is 1. The van der Waals surface area contributed by atoms with Gasteiger partial charge in [0.25, 0.3) is 0 Å². The summed E-state index contributed by atoms with van der Waals surface area (Å²) in [5.74, 6) is 0.0959. The van der Waals surface area contributed by atoms with Gasteiger partial charge in [-0.15, -0.1) is 11.3 Å². The summed E-state index contributed by atoms with van der Waals surface area (Å²) < 4.78 is 0.636. The van der Waals surface area contributed by atoms with Crippen LogP contribution in [-0.2, 0) is 0 Å². The molecular formula is C13H20ClNO2S. The quantitative estimate of drug-likeness (QED) is 0.784. The first-order chi connectivity index (χ1) is 8.47. The predicted octanol–water partition coefficient (Wildman–Crippen LogP) is 3.07. The highest BCUT2D eigenvalue weighted by atomic mass is 35.5. The summed E-state index contributed by atoms with van der Waals surface area (Å²) in [6.07, 6.45) is 0.682. The molecule has 1 aromatic heterocycles. The van der Waals surface area contributed by atoms with E-state index in [0.717, 1.165) is 6.54 Å². The lowest BCUT2D eigenvalue weighted by molar-refractivity contribution is 0.0776. The van der Waals surface area contributed by atoms with E-state index >= 15 is 0 Å². The van der Waals surface area contributed by atoms with Crippen LogP contribution >= 0.6 is 22.9 Å². The third-order valence-corrected chi connectivity index (χ3v) is 4.18. The van der Waals surface area contributed by atoms with Gasteiger partial charge < -0.3 is 5.11 Å². The van der Waals surface area contributed by atoms with Gasteiger partial charge in [-0.2, -0.15) is 0 Å². The van der Waals surface area contributed by atoms with E-state index in [9.17, 15) is 4.79 Å². The molecule has 0 spiro atoms. The SMILES string of the molecule is CC(C)N(CCCO)C(C)C(=O)c1ccc(Cl)s1.